The molecule has 0 saturated carbocycles. The van der Waals surface area contributed by atoms with E-state index in [2.05, 4.69) is 5.32 Å². The SMILES string of the molecule is CC(=O)N[C@@H](CSC(=O)Cc1ccccc1)C(=O)O. The van der Waals surface area contributed by atoms with E-state index in [1.165, 1.54) is 6.92 Å². The fourth-order valence-corrected chi connectivity index (χ4v) is 2.26. The number of thioether (sulfide) groups is 1. The predicted molar refractivity (Wildman–Crippen MR) is 72.9 cm³/mol. The molecule has 1 amide bonds. The van der Waals surface area contributed by atoms with E-state index in [1.807, 2.05) is 30.3 Å². The van der Waals surface area contributed by atoms with Gasteiger partial charge in [-0.15, -0.1) is 0 Å². The number of hydrogen-bond donors (Lipinski definition) is 2. The standard InChI is InChI=1S/C13H15NO4S/c1-9(15)14-11(13(17)18)8-19-12(16)7-10-5-3-2-4-6-10/h2-6,11H,7-8H2,1H3,(H,14,15)(H,17,18)/t11-/m0/s1. The van der Waals surface area contributed by atoms with Crippen LogP contribution in [0, 0.1) is 0 Å². The largest absolute Gasteiger partial charge is 0.480 e. The van der Waals surface area contributed by atoms with Gasteiger partial charge >= 0.3 is 5.97 Å². The predicted octanol–water partition coefficient (Wildman–Crippen LogP) is 1.08. The third-order valence-corrected chi connectivity index (χ3v) is 3.24. The van der Waals surface area contributed by atoms with Crippen LogP contribution in [0.2, 0.25) is 0 Å². The van der Waals surface area contributed by atoms with Crippen LogP contribution < -0.4 is 5.32 Å². The Morgan fingerprint density at radius 3 is 2.42 bits per heavy atom. The van der Waals surface area contributed by atoms with Gasteiger partial charge in [0.15, 0.2) is 5.12 Å². The van der Waals surface area contributed by atoms with Crippen LogP contribution in [0.3, 0.4) is 0 Å². The van der Waals surface area contributed by atoms with Crippen molar-refractivity contribution < 1.29 is 19.5 Å². The molecule has 0 fully saturated rings. The Morgan fingerprint density at radius 1 is 1.26 bits per heavy atom. The van der Waals surface area contributed by atoms with E-state index in [9.17, 15) is 14.4 Å². The van der Waals surface area contributed by atoms with Gasteiger partial charge in [-0.3, -0.25) is 9.59 Å². The molecule has 1 atom stereocenters. The summed E-state index contributed by atoms with van der Waals surface area (Å²) in [6, 6.07) is 8.16. The van der Waals surface area contributed by atoms with Crippen molar-refractivity contribution in [1.82, 2.24) is 5.32 Å². The molecule has 19 heavy (non-hydrogen) atoms. The summed E-state index contributed by atoms with van der Waals surface area (Å²) in [6.45, 7) is 1.24. The van der Waals surface area contributed by atoms with Gasteiger partial charge in [-0.2, -0.15) is 0 Å². The number of hydrogen-bond acceptors (Lipinski definition) is 4. The number of amides is 1. The summed E-state index contributed by atoms with van der Waals surface area (Å²) in [6.07, 6.45) is 0.248. The molecule has 0 aromatic heterocycles. The first-order valence-electron chi connectivity index (χ1n) is 5.68. The number of aliphatic carboxylic acids is 1. The van der Waals surface area contributed by atoms with Gasteiger partial charge in [0.05, 0.1) is 0 Å². The van der Waals surface area contributed by atoms with E-state index >= 15 is 0 Å². The van der Waals surface area contributed by atoms with Gasteiger partial charge in [0.1, 0.15) is 6.04 Å². The minimum absolute atomic E-state index is 0.0284. The zero-order valence-electron chi connectivity index (χ0n) is 10.5. The zero-order chi connectivity index (χ0) is 14.3. The molecule has 2 N–H and O–H groups in total. The van der Waals surface area contributed by atoms with E-state index < -0.39 is 17.9 Å². The minimum atomic E-state index is -1.14. The first-order chi connectivity index (χ1) is 8.99. The molecule has 0 saturated heterocycles. The van der Waals surface area contributed by atoms with Gasteiger partial charge in [-0.1, -0.05) is 42.1 Å². The van der Waals surface area contributed by atoms with E-state index in [-0.39, 0.29) is 17.3 Å². The molecule has 6 heteroatoms. The van der Waals surface area contributed by atoms with Crippen molar-refractivity contribution in [2.24, 2.45) is 0 Å². The summed E-state index contributed by atoms with van der Waals surface area (Å²) in [5.41, 5.74) is 0.881. The topological polar surface area (TPSA) is 83.5 Å². The minimum Gasteiger partial charge on any atom is -0.480 e. The summed E-state index contributed by atoms with van der Waals surface area (Å²) < 4.78 is 0. The quantitative estimate of drug-likeness (QED) is 0.815. The highest BCUT2D eigenvalue weighted by Gasteiger charge is 2.19. The summed E-state index contributed by atoms with van der Waals surface area (Å²) in [5, 5.41) is 11.1. The highest BCUT2D eigenvalue weighted by atomic mass is 32.2. The van der Waals surface area contributed by atoms with Gasteiger partial charge in [0.2, 0.25) is 5.91 Å². The Morgan fingerprint density at radius 2 is 1.89 bits per heavy atom. The summed E-state index contributed by atoms with van der Waals surface area (Å²) in [4.78, 5) is 33.4. The Hall–Kier alpha value is -1.82. The maximum Gasteiger partial charge on any atom is 0.327 e. The van der Waals surface area contributed by atoms with Crippen LogP contribution >= 0.6 is 11.8 Å². The van der Waals surface area contributed by atoms with Crippen LogP contribution in [0.5, 0.6) is 0 Å². The number of nitrogens with one attached hydrogen (secondary N) is 1. The number of rotatable bonds is 6. The van der Waals surface area contributed by atoms with Crippen LogP contribution in [0.4, 0.5) is 0 Å². The monoisotopic (exact) mass is 281 g/mol. The lowest BCUT2D eigenvalue weighted by molar-refractivity contribution is -0.140. The van der Waals surface area contributed by atoms with E-state index in [0.717, 1.165) is 17.3 Å². The van der Waals surface area contributed by atoms with Gasteiger partial charge < -0.3 is 10.4 Å². The maximum absolute atomic E-state index is 11.7. The second-order valence-corrected chi connectivity index (χ2v) is 5.01. The molecule has 1 aromatic carbocycles. The van der Waals surface area contributed by atoms with Crippen molar-refractivity contribution in [2.75, 3.05) is 5.75 Å². The smallest absolute Gasteiger partial charge is 0.327 e. The van der Waals surface area contributed by atoms with Gasteiger partial charge in [0.25, 0.3) is 0 Å². The molecule has 0 bridgehead atoms. The molecular formula is C13H15NO4S. The number of carbonyl (C=O) groups is 3. The fourth-order valence-electron chi connectivity index (χ4n) is 1.41. The first-order valence-corrected chi connectivity index (χ1v) is 6.67. The summed E-state index contributed by atoms with van der Waals surface area (Å²) in [5.74, 6) is -1.54. The normalized spacial score (nSPS) is 11.6. The van der Waals surface area contributed by atoms with Gasteiger partial charge in [-0.25, -0.2) is 4.79 Å². The lowest BCUT2D eigenvalue weighted by Gasteiger charge is -2.11. The Labute approximate surface area is 115 Å². The number of benzene rings is 1. The molecule has 0 radical (unpaired) electrons. The van der Waals surface area contributed by atoms with Crippen LogP contribution in [-0.4, -0.2) is 33.9 Å². The van der Waals surface area contributed by atoms with Crippen LogP contribution in [0.15, 0.2) is 30.3 Å². The third kappa shape index (κ3) is 6.05. The molecule has 102 valence electrons. The van der Waals surface area contributed by atoms with E-state index in [4.69, 9.17) is 5.11 Å². The number of carboxylic acids is 1. The van der Waals surface area contributed by atoms with Crippen molar-refractivity contribution in [3.8, 4) is 0 Å². The van der Waals surface area contributed by atoms with Gasteiger partial charge in [0, 0.05) is 19.1 Å². The number of carbonyl (C=O) groups excluding carboxylic acids is 2. The molecule has 1 rings (SSSR count). The van der Waals surface area contributed by atoms with Crippen molar-refractivity contribution in [2.45, 2.75) is 19.4 Å². The molecule has 0 heterocycles. The van der Waals surface area contributed by atoms with Crippen molar-refractivity contribution in [1.29, 1.82) is 0 Å². The van der Waals surface area contributed by atoms with Crippen LogP contribution in [0.1, 0.15) is 12.5 Å². The van der Waals surface area contributed by atoms with Crippen molar-refractivity contribution in [3.63, 3.8) is 0 Å². The molecule has 0 spiro atoms. The lowest BCUT2D eigenvalue weighted by Crippen LogP contribution is -2.41. The molecule has 1 aromatic rings. The van der Waals surface area contributed by atoms with Gasteiger partial charge in [-0.05, 0) is 5.56 Å². The molecular weight excluding hydrogens is 266 g/mol. The summed E-state index contributed by atoms with van der Waals surface area (Å²) in [7, 11) is 0. The lowest BCUT2D eigenvalue weighted by atomic mass is 10.2. The maximum atomic E-state index is 11.7. The van der Waals surface area contributed by atoms with Crippen LogP contribution in [-0.2, 0) is 20.8 Å². The highest BCUT2D eigenvalue weighted by Crippen LogP contribution is 2.10. The Kier molecular flexibility index (Phi) is 6.08. The average Bonchev–Trinajstić information content (AvgIpc) is 2.35. The number of carboxylic acid groups (broad SMARTS) is 1. The Bertz CT molecular complexity index is 461. The third-order valence-electron chi connectivity index (χ3n) is 2.28. The second kappa shape index (κ2) is 7.58. The summed E-state index contributed by atoms with van der Waals surface area (Å²) >= 11 is 0.915. The van der Waals surface area contributed by atoms with Crippen molar-refractivity contribution in [3.05, 3.63) is 35.9 Å². The van der Waals surface area contributed by atoms with Crippen LogP contribution in [0.25, 0.3) is 0 Å². The first kappa shape index (κ1) is 15.2. The average molecular weight is 281 g/mol. The molecule has 0 aliphatic heterocycles. The van der Waals surface area contributed by atoms with E-state index in [1.54, 1.807) is 0 Å². The zero-order valence-corrected chi connectivity index (χ0v) is 11.3. The second-order valence-electron chi connectivity index (χ2n) is 3.94. The molecule has 0 aliphatic carbocycles. The molecule has 0 aliphatic rings. The fraction of sp³-hybridized carbons (Fsp3) is 0.308. The Balaban J connectivity index is 2.44. The molecule has 5 nitrogen and oxygen atoms in total. The van der Waals surface area contributed by atoms with Crippen molar-refractivity contribution >= 4 is 28.8 Å². The highest BCUT2D eigenvalue weighted by molar-refractivity contribution is 8.13. The molecule has 0 unspecified atom stereocenters. The van der Waals surface area contributed by atoms with E-state index in [0.29, 0.717) is 0 Å².